The van der Waals surface area contributed by atoms with Crippen LogP contribution in [0.25, 0.3) is 17.3 Å². The van der Waals surface area contributed by atoms with Gasteiger partial charge in [-0.1, -0.05) is 29.5 Å². The van der Waals surface area contributed by atoms with E-state index in [0.717, 1.165) is 33.9 Å². The minimum absolute atomic E-state index is 0.113. The molecule has 1 aliphatic rings. The lowest BCUT2D eigenvalue weighted by atomic mass is 10.1. The van der Waals surface area contributed by atoms with Crippen molar-refractivity contribution in [2.45, 2.75) is 6.54 Å². The van der Waals surface area contributed by atoms with Gasteiger partial charge in [0, 0.05) is 11.8 Å². The standard InChI is InChI=1S/C19H13FN4O3S/c20-14-5-4-11(7-16(14)25)8-17-18(26)24(19(27)28-17)10-12-2-1-3-13(6-12)15-9-21-23-22-15/h1-9,25H,10H2,(H,21,22,23)/b17-8-. The Hall–Kier alpha value is -3.46. The fourth-order valence-electron chi connectivity index (χ4n) is 2.76. The van der Waals surface area contributed by atoms with E-state index in [9.17, 15) is 19.1 Å². The summed E-state index contributed by atoms with van der Waals surface area (Å²) in [6.45, 7) is 0.113. The second-order valence-corrected chi connectivity index (χ2v) is 7.03. The topological polar surface area (TPSA) is 99.2 Å². The molecule has 1 fully saturated rings. The van der Waals surface area contributed by atoms with E-state index in [4.69, 9.17) is 0 Å². The molecule has 28 heavy (non-hydrogen) atoms. The zero-order valence-corrected chi connectivity index (χ0v) is 15.1. The number of nitrogens with zero attached hydrogens (tertiary/aromatic N) is 3. The Bertz CT molecular complexity index is 1100. The van der Waals surface area contributed by atoms with E-state index in [1.54, 1.807) is 6.20 Å². The number of hydrogen-bond donors (Lipinski definition) is 2. The summed E-state index contributed by atoms with van der Waals surface area (Å²) in [5.74, 6) is -1.71. The third kappa shape index (κ3) is 3.52. The average Bonchev–Trinajstić information content (AvgIpc) is 3.30. The number of amides is 2. The molecular formula is C19H13FN4O3S. The number of halogens is 1. The summed E-state index contributed by atoms with van der Waals surface area (Å²) in [6, 6.07) is 11.0. The summed E-state index contributed by atoms with van der Waals surface area (Å²) in [5, 5.41) is 19.3. The zero-order valence-electron chi connectivity index (χ0n) is 14.3. The molecule has 0 radical (unpaired) electrons. The van der Waals surface area contributed by atoms with Gasteiger partial charge in [-0.2, -0.15) is 0 Å². The number of hydrogen-bond acceptors (Lipinski definition) is 6. The van der Waals surface area contributed by atoms with Crippen molar-refractivity contribution < 1.29 is 19.1 Å². The van der Waals surface area contributed by atoms with Gasteiger partial charge in [0.1, 0.15) is 5.69 Å². The maximum Gasteiger partial charge on any atom is 0.293 e. The molecule has 2 heterocycles. The Kier molecular flexibility index (Phi) is 4.66. The number of phenolic OH excluding ortho intramolecular Hbond substituents is 1. The minimum atomic E-state index is -0.753. The number of carbonyl (C=O) groups excluding carboxylic acids is 2. The van der Waals surface area contributed by atoms with Crippen molar-refractivity contribution in [2.24, 2.45) is 0 Å². The van der Waals surface area contributed by atoms with E-state index in [1.807, 2.05) is 24.3 Å². The molecule has 7 nitrogen and oxygen atoms in total. The molecule has 2 N–H and O–H groups in total. The van der Waals surface area contributed by atoms with Crippen LogP contribution < -0.4 is 0 Å². The highest BCUT2D eigenvalue weighted by Gasteiger charge is 2.35. The molecule has 140 valence electrons. The first-order valence-electron chi connectivity index (χ1n) is 8.21. The Morgan fingerprint density at radius 1 is 1.21 bits per heavy atom. The van der Waals surface area contributed by atoms with E-state index in [1.165, 1.54) is 18.2 Å². The molecule has 2 aromatic carbocycles. The van der Waals surface area contributed by atoms with Gasteiger partial charge in [0.05, 0.1) is 11.4 Å². The van der Waals surface area contributed by atoms with Gasteiger partial charge in [-0.05, 0) is 47.2 Å². The number of phenols is 1. The second kappa shape index (κ2) is 7.28. The smallest absolute Gasteiger partial charge is 0.293 e. The van der Waals surface area contributed by atoms with Crippen LogP contribution in [0.3, 0.4) is 0 Å². The van der Waals surface area contributed by atoms with Crippen LogP contribution in [0.15, 0.2) is 53.6 Å². The number of benzene rings is 2. The molecule has 0 bridgehead atoms. The third-order valence-corrected chi connectivity index (χ3v) is 5.03. The Labute approximate surface area is 162 Å². The van der Waals surface area contributed by atoms with Crippen LogP contribution >= 0.6 is 11.8 Å². The molecule has 9 heteroatoms. The number of nitrogens with one attached hydrogen (secondary N) is 1. The number of aromatic nitrogens is 3. The predicted octanol–water partition coefficient (Wildman–Crippen LogP) is 3.55. The first-order valence-corrected chi connectivity index (χ1v) is 9.02. The molecule has 1 saturated heterocycles. The minimum Gasteiger partial charge on any atom is -0.505 e. The van der Waals surface area contributed by atoms with Gasteiger partial charge in [0.15, 0.2) is 11.6 Å². The Morgan fingerprint density at radius 2 is 2.07 bits per heavy atom. The predicted molar refractivity (Wildman–Crippen MR) is 101 cm³/mol. The van der Waals surface area contributed by atoms with Crippen LogP contribution in [0.2, 0.25) is 0 Å². The summed E-state index contributed by atoms with van der Waals surface area (Å²) in [5.41, 5.74) is 2.67. The van der Waals surface area contributed by atoms with Crippen LogP contribution in [0.5, 0.6) is 5.75 Å². The van der Waals surface area contributed by atoms with Crippen LogP contribution in [-0.4, -0.2) is 36.6 Å². The molecule has 4 rings (SSSR count). The summed E-state index contributed by atoms with van der Waals surface area (Å²) < 4.78 is 13.2. The summed E-state index contributed by atoms with van der Waals surface area (Å²) >= 11 is 0.804. The van der Waals surface area contributed by atoms with Crippen molar-refractivity contribution in [3.05, 3.63) is 70.5 Å². The first kappa shape index (κ1) is 17.9. The van der Waals surface area contributed by atoms with Crippen molar-refractivity contribution >= 4 is 29.0 Å². The van der Waals surface area contributed by atoms with Crippen molar-refractivity contribution in [3.63, 3.8) is 0 Å². The number of H-pyrrole nitrogens is 1. The van der Waals surface area contributed by atoms with Crippen LogP contribution in [-0.2, 0) is 11.3 Å². The summed E-state index contributed by atoms with van der Waals surface area (Å²) in [4.78, 5) is 26.3. The lowest BCUT2D eigenvalue weighted by molar-refractivity contribution is -0.123. The first-order chi connectivity index (χ1) is 13.5. The quantitative estimate of drug-likeness (QED) is 0.655. The van der Waals surface area contributed by atoms with E-state index in [0.29, 0.717) is 11.3 Å². The highest BCUT2D eigenvalue weighted by molar-refractivity contribution is 8.18. The number of aromatic hydroxyl groups is 1. The van der Waals surface area contributed by atoms with Gasteiger partial charge in [0.25, 0.3) is 11.1 Å². The van der Waals surface area contributed by atoms with Crippen molar-refractivity contribution in [3.8, 4) is 17.0 Å². The SMILES string of the molecule is O=C1S/C(=C\c2ccc(F)c(O)c2)C(=O)N1Cc1cccc(-c2c[nH]nn2)c1. The lowest BCUT2D eigenvalue weighted by Gasteiger charge is -2.13. The van der Waals surface area contributed by atoms with E-state index >= 15 is 0 Å². The van der Waals surface area contributed by atoms with Gasteiger partial charge in [-0.25, -0.2) is 4.39 Å². The number of carbonyl (C=O) groups is 2. The largest absolute Gasteiger partial charge is 0.505 e. The molecule has 0 atom stereocenters. The number of aromatic amines is 1. The molecule has 0 spiro atoms. The molecule has 2 amide bonds. The maximum absolute atomic E-state index is 13.2. The van der Waals surface area contributed by atoms with Crippen LogP contribution in [0.1, 0.15) is 11.1 Å². The summed E-state index contributed by atoms with van der Waals surface area (Å²) in [7, 11) is 0. The molecule has 0 unspecified atom stereocenters. The molecule has 0 saturated carbocycles. The normalized spacial score (nSPS) is 15.6. The zero-order chi connectivity index (χ0) is 19.7. The molecular weight excluding hydrogens is 383 g/mol. The molecule has 0 aliphatic carbocycles. The number of thioether (sulfide) groups is 1. The maximum atomic E-state index is 13.2. The number of imide groups is 1. The van der Waals surface area contributed by atoms with Crippen LogP contribution in [0, 0.1) is 5.82 Å². The fraction of sp³-hybridized carbons (Fsp3) is 0.0526. The van der Waals surface area contributed by atoms with Gasteiger partial charge in [0.2, 0.25) is 0 Å². The second-order valence-electron chi connectivity index (χ2n) is 6.04. The highest BCUT2D eigenvalue weighted by atomic mass is 32.2. The third-order valence-electron chi connectivity index (χ3n) is 4.12. The van der Waals surface area contributed by atoms with E-state index < -0.39 is 22.7 Å². The average molecular weight is 396 g/mol. The van der Waals surface area contributed by atoms with E-state index in [-0.39, 0.29) is 11.4 Å². The van der Waals surface area contributed by atoms with Crippen molar-refractivity contribution in [2.75, 3.05) is 0 Å². The number of rotatable bonds is 4. The lowest BCUT2D eigenvalue weighted by Crippen LogP contribution is -2.27. The summed E-state index contributed by atoms with van der Waals surface area (Å²) in [6.07, 6.45) is 3.11. The van der Waals surface area contributed by atoms with Gasteiger partial charge >= 0.3 is 0 Å². The van der Waals surface area contributed by atoms with Crippen molar-refractivity contribution in [1.82, 2.24) is 20.3 Å². The van der Waals surface area contributed by atoms with E-state index in [2.05, 4.69) is 15.4 Å². The fourth-order valence-corrected chi connectivity index (χ4v) is 3.60. The van der Waals surface area contributed by atoms with Crippen molar-refractivity contribution in [1.29, 1.82) is 0 Å². The van der Waals surface area contributed by atoms with Gasteiger partial charge in [-0.3, -0.25) is 19.6 Å². The Morgan fingerprint density at radius 3 is 2.82 bits per heavy atom. The highest BCUT2D eigenvalue weighted by Crippen LogP contribution is 2.34. The molecule has 1 aromatic heterocycles. The van der Waals surface area contributed by atoms with Gasteiger partial charge in [-0.15, -0.1) is 5.10 Å². The van der Waals surface area contributed by atoms with Crippen LogP contribution in [0.4, 0.5) is 9.18 Å². The molecule has 1 aliphatic heterocycles. The van der Waals surface area contributed by atoms with Gasteiger partial charge < -0.3 is 5.11 Å². The molecule has 3 aromatic rings. The Balaban J connectivity index is 1.55. The monoisotopic (exact) mass is 396 g/mol.